The second-order valence-electron chi connectivity index (χ2n) is 17.8. The maximum absolute atomic E-state index is 6.55. The maximum atomic E-state index is 6.55. The van der Waals surface area contributed by atoms with Crippen molar-refractivity contribution in [2.45, 2.75) is 12.3 Å². The van der Waals surface area contributed by atoms with Gasteiger partial charge in [0.2, 0.25) is 5.95 Å². The van der Waals surface area contributed by atoms with Gasteiger partial charge in [-0.2, -0.15) is 9.97 Å². The first-order chi connectivity index (χ1) is 32.7. The van der Waals surface area contributed by atoms with Gasteiger partial charge in [-0.1, -0.05) is 158 Å². The van der Waals surface area contributed by atoms with Crippen LogP contribution in [0.5, 0.6) is 0 Å². The average Bonchev–Trinajstić information content (AvgIpc) is 3.77. The largest absolute Gasteiger partial charge is 0.456 e. The van der Waals surface area contributed by atoms with Crippen LogP contribution in [0, 0.1) is 5.92 Å². The van der Waals surface area contributed by atoms with Crippen molar-refractivity contribution >= 4 is 87.9 Å². The zero-order valence-corrected chi connectivity index (χ0v) is 35.4. The van der Waals surface area contributed by atoms with Gasteiger partial charge in [0.1, 0.15) is 22.5 Å². The van der Waals surface area contributed by atoms with Crippen LogP contribution in [0.15, 0.2) is 197 Å². The minimum Gasteiger partial charge on any atom is -0.456 e. The monoisotopic (exact) mass is 844 g/mol. The van der Waals surface area contributed by atoms with Crippen molar-refractivity contribution in [1.82, 2.24) is 19.5 Å². The minimum absolute atomic E-state index is 0.290. The van der Waals surface area contributed by atoms with E-state index in [-0.39, 0.29) is 5.92 Å². The number of rotatable bonds is 5. The van der Waals surface area contributed by atoms with E-state index in [1.807, 2.05) is 36.4 Å². The number of fused-ring (bicyclic) bond motifs is 16. The van der Waals surface area contributed by atoms with Gasteiger partial charge in [0.15, 0.2) is 11.6 Å². The number of benzene rings is 9. The molecular formula is C60H36N4O2. The van der Waals surface area contributed by atoms with Crippen LogP contribution >= 0.6 is 0 Å². The van der Waals surface area contributed by atoms with Crippen LogP contribution in [0.4, 0.5) is 0 Å². The van der Waals surface area contributed by atoms with E-state index in [0.29, 0.717) is 23.5 Å². The topological polar surface area (TPSA) is 69.9 Å². The third-order valence-corrected chi connectivity index (χ3v) is 14.2. The normalized spacial score (nSPS) is 15.6. The summed E-state index contributed by atoms with van der Waals surface area (Å²) in [4.78, 5) is 16.4. The van der Waals surface area contributed by atoms with E-state index in [9.17, 15) is 0 Å². The molecule has 0 radical (unpaired) electrons. The Morgan fingerprint density at radius 2 is 1.03 bits per heavy atom. The van der Waals surface area contributed by atoms with E-state index < -0.39 is 0 Å². The number of allylic oxidation sites excluding steroid dienone is 1. The van der Waals surface area contributed by atoms with Crippen molar-refractivity contribution in [1.29, 1.82) is 0 Å². The summed E-state index contributed by atoms with van der Waals surface area (Å²) in [6.45, 7) is 0. The van der Waals surface area contributed by atoms with Gasteiger partial charge in [-0.3, -0.25) is 4.57 Å². The van der Waals surface area contributed by atoms with Gasteiger partial charge in [-0.25, -0.2) is 4.98 Å². The second-order valence-corrected chi connectivity index (χ2v) is 17.8. The van der Waals surface area contributed by atoms with Gasteiger partial charge < -0.3 is 8.83 Å². The lowest BCUT2D eigenvalue weighted by Crippen LogP contribution is -2.10. The first-order valence-electron chi connectivity index (χ1n) is 22.7. The fourth-order valence-corrected chi connectivity index (χ4v) is 11.2. The highest BCUT2D eigenvalue weighted by atomic mass is 16.3. The molecule has 2 aliphatic carbocycles. The maximum Gasteiger partial charge on any atom is 0.238 e. The summed E-state index contributed by atoms with van der Waals surface area (Å²) >= 11 is 0. The molecule has 15 rings (SSSR count). The first kappa shape index (κ1) is 35.8. The minimum atomic E-state index is 0.290. The summed E-state index contributed by atoms with van der Waals surface area (Å²) < 4.78 is 15.1. The highest BCUT2D eigenvalue weighted by Crippen LogP contribution is 2.61. The van der Waals surface area contributed by atoms with Crippen LogP contribution in [0.25, 0.3) is 127 Å². The first-order valence-corrected chi connectivity index (χ1v) is 22.7. The molecule has 1 saturated carbocycles. The second kappa shape index (κ2) is 13.5. The fraction of sp³-hybridized carbons (Fsp3) is 0.0500. The third-order valence-electron chi connectivity index (χ3n) is 14.2. The average molecular weight is 845 g/mol. The number of hydrogen-bond donors (Lipinski definition) is 0. The molecule has 4 heterocycles. The summed E-state index contributed by atoms with van der Waals surface area (Å²) in [6.07, 6.45) is 3.23. The van der Waals surface area contributed by atoms with Crippen molar-refractivity contribution in [3.63, 3.8) is 0 Å². The molecule has 2 aliphatic rings. The molecule has 2 atom stereocenters. The highest BCUT2D eigenvalue weighted by molar-refractivity contribution is 6.33. The van der Waals surface area contributed by atoms with Crippen LogP contribution in [0.1, 0.15) is 29.5 Å². The standard InChI is InChI=1S/C60H36N4O2/c1-2-14-34(15-3-1)58-61-59(49-33-53-54(48-32-46(48)49)44-23-9-11-27-51(44)66-53)63-60(62-58)64-56-38(24-13-25-45(56)55-42-21-6-4-18-39(42)40-19-5-7-22-43(40)57(55)64)37-17-12-16-35(30-37)36-28-29-52-47(31-36)41-20-8-10-26-50(41)65-52/h1-31,33,46,48H,32H2. The molecule has 4 aromatic heterocycles. The molecule has 0 spiro atoms. The third kappa shape index (κ3) is 5.15. The summed E-state index contributed by atoms with van der Waals surface area (Å²) in [5.74, 6) is 3.45. The van der Waals surface area contributed by atoms with E-state index in [1.54, 1.807) is 0 Å². The van der Waals surface area contributed by atoms with Crippen LogP contribution in [0.2, 0.25) is 0 Å². The summed E-state index contributed by atoms with van der Waals surface area (Å²) in [7, 11) is 0. The fourth-order valence-electron chi connectivity index (χ4n) is 11.2. The van der Waals surface area contributed by atoms with Crippen molar-refractivity contribution in [2.75, 3.05) is 0 Å². The predicted molar refractivity (Wildman–Crippen MR) is 268 cm³/mol. The summed E-state index contributed by atoms with van der Waals surface area (Å²) in [6, 6.07) is 66.6. The molecule has 66 heavy (non-hydrogen) atoms. The lowest BCUT2D eigenvalue weighted by atomic mass is 9.95. The Kier molecular flexibility index (Phi) is 7.30. The Balaban J connectivity index is 1.03. The number of nitrogens with zero attached hydrogens (tertiary/aromatic N) is 4. The zero-order chi connectivity index (χ0) is 43.0. The lowest BCUT2D eigenvalue weighted by Gasteiger charge is -2.16. The Morgan fingerprint density at radius 1 is 0.409 bits per heavy atom. The van der Waals surface area contributed by atoms with E-state index in [1.165, 1.54) is 32.5 Å². The highest BCUT2D eigenvalue weighted by Gasteiger charge is 2.48. The number of furan rings is 2. The Hall–Kier alpha value is -8.61. The van der Waals surface area contributed by atoms with E-state index in [4.69, 9.17) is 23.8 Å². The van der Waals surface area contributed by atoms with Crippen molar-refractivity contribution in [3.05, 3.63) is 205 Å². The Labute approximate surface area is 377 Å². The Morgan fingerprint density at radius 3 is 1.88 bits per heavy atom. The van der Waals surface area contributed by atoms with Crippen LogP contribution in [-0.4, -0.2) is 19.5 Å². The van der Waals surface area contributed by atoms with Crippen LogP contribution in [0.3, 0.4) is 0 Å². The predicted octanol–water partition coefficient (Wildman–Crippen LogP) is 15.6. The molecule has 6 nitrogen and oxygen atoms in total. The molecule has 0 amide bonds. The molecule has 0 bridgehead atoms. The van der Waals surface area contributed by atoms with E-state index in [0.717, 1.165) is 94.9 Å². The van der Waals surface area contributed by atoms with Crippen molar-refractivity contribution < 1.29 is 8.83 Å². The zero-order valence-electron chi connectivity index (χ0n) is 35.4. The van der Waals surface area contributed by atoms with Crippen LogP contribution < -0.4 is 0 Å². The number of para-hydroxylation sites is 3. The molecule has 308 valence electrons. The number of aromatic nitrogens is 4. The molecule has 1 fully saturated rings. The molecule has 2 unspecified atom stereocenters. The van der Waals surface area contributed by atoms with Gasteiger partial charge in [-0.05, 0) is 87.5 Å². The molecule has 6 heteroatoms. The van der Waals surface area contributed by atoms with Crippen molar-refractivity contribution in [2.24, 2.45) is 5.92 Å². The smallest absolute Gasteiger partial charge is 0.238 e. The number of hydrogen-bond acceptors (Lipinski definition) is 5. The van der Waals surface area contributed by atoms with Gasteiger partial charge in [-0.15, -0.1) is 0 Å². The van der Waals surface area contributed by atoms with Gasteiger partial charge >= 0.3 is 0 Å². The van der Waals surface area contributed by atoms with E-state index in [2.05, 4.69) is 162 Å². The molecule has 9 aromatic carbocycles. The molecule has 0 aliphatic heterocycles. The molecule has 0 N–H and O–H groups in total. The van der Waals surface area contributed by atoms with Crippen molar-refractivity contribution in [3.8, 4) is 39.6 Å². The lowest BCUT2D eigenvalue weighted by molar-refractivity contribution is 0.596. The van der Waals surface area contributed by atoms with Crippen LogP contribution in [-0.2, 0) is 0 Å². The summed E-state index contributed by atoms with van der Waals surface area (Å²) in [5.41, 5.74) is 12.6. The Bertz CT molecular complexity index is 4230. The molecule has 13 aromatic rings. The SMILES string of the molecule is C1=C(c2nc(-c3ccccc3)nc(-n3c4c(-c5cccc(-c6ccc7oc8ccccc8c7c6)c5)cccc4c4c5ccccc5c5ccccc5c43)n2)C2CC2c2c1oc1ccccc21. The molecule has 0 saturated heterocycles. The quantitative estimate of drug-likeness (QED) is 0.161. The van der Waals surface area contributed by atoms with Gasteiger partial charge in [0.05, 0.1) is 11.0 Å². The van der Waals surface area contributed by atoms with Gasteiger partial charge in [0.25, 0.3) is 0 Å². The van der Waals surface area contributed by atoms with Gasteiger partial charge in [0, 0.05) is 54.6 Å². The summed E-state index contributed by atoms with van der Waals surface area (Å²) in [5, 5.41) is 10.4. The molecular weight excluding hydrogens is 809 g/mol. The van der Waals surface area contributed by atoms with E-state index >= 15 is 0 Å².